The highest BCUT2D eigenvalue weighted by Crippen LogP contribution is 2.37. The van der Waals surface area contributed by atoms with E-state index in [0.717, 1.165) is 21.9 Å². The van der Waals surface area contributed by atoms with Crippen LogP contribution in [-0.4, -0.2) is 31.5 Å². The standard InChI is InChI=1S/C20H27NO3S/c1-13-11-18(22)24-20(13)19(14-7-5-4-6-8-14)21-16-10-9-15(23-2)12-17(16)25-3/h9-12,14,19-21H,4-8H2,1-3H3/t19-,20-/m1/s1. The van der Waals surface area contributed by atoms with Gasteiger partial charge in [-0.15, -0.1) is 11.8 Å². The lowest BCUT2D eigenvalue weighted by Crippen LogP contribution is -2.42. The Morgan fingerprint density at radius 2 is 2.04 bits per heavy atom. The van der Waals surface area contributed by atoms with Crippen molar-refractivity contribution < 1.29 is 14.3 Å². The average molecular weight is 362 g/mol. The van der Waals surface area contributed by atoms with Crippen LogP contribution in [0.1, 0.15) is 39.0 Å². The van der Waals surface area contributed by atoms with Crippen molar-refractivity contribution in [3.05, 3.63) is 29.8 Å². The van der Waals surface area contributed by atoms with Crippen LogP contribution in [0.4, 0.5) is 5.69 Å². The van der Waals surface area contributed by atoms with E-state index in [2.05, 4.69) is 17.6 Å². The first kappa shape index (κ1) is 18.2. The summed E-state index contributed by atoms with van der Waals surface area (Å²) in [4.78, 5) is 12.9. The van der Waals surface area contributed by atoms with Crippen molar-refractivity contribution in [1.29, 1.82) is 0 Å². The fourth-order valence-corrected chi connectivity index (χ4v) is 4.49. The minimum absolute atomic E-state index is 0.113. The number of hydrogen-bond donors (Lipinski definition) is 1. The average Bonchev–Trinajstić information content (AvgIpc) is 2.98. The third-order valence-electron chi connectivity index (χ3n) is 5.25. The van der Waals surface area contributed by atoms with Gasteiger partial charge in [0.15, 0.2) is 0 Å². The quantitative estimate of drug-likeness (QED) is 0.590. The Morgan fingerprint density at radius 1 is 1.28 bits per heavy atom. The predicted molar refractivity (Wildman–Crippen MR) is 102 cm³/mol. The van der Waals surface area contributed by atoms with Crippen LogP contribution in [0.3, 0.4) is 0 Å². The number of esters is 1. The number of rotatable bonds is 6. The van der Waals surface area contributed by atoms with E-state index in [4.69, 9.17) is 9.47 Å². The third kappa shape index (κ3) is 4.14. The summed E-state index contributed by atoms with van der Waals surface area (Å²) in [5.41, 5.74) is 2.10. The smallest absolute Gasteiger partial charge is 0.331 e. The zero-order valence-electron chi connectivity index (χ0n) is 15.2. The number of cyclic esters (lactones) is 1. The van der Waals surface area contributed by atoms with Crippen molar-refractivity contribution in [3.63, 3.8) is 0 Å². The van der Waals surface area contributed by atoms with Crippen molar-refractivity contribution >= 4 is 23.4 Å². The van der Waals surface area contributed by atoms with Gasteiger partial charge in [-0.25, -0.2) is 4.79 Å². The molecule has 0 bridgehead atoms. The summed E-state index contributed by atoms with van der Waals surface area (Å²) >= 11 is 1.69. The highest BCUT2D eigenvalue weighted by atomic mass is 32.2. The second-order valence-electron chi connectivity index (χ2n) is 6.88. The first-order valence-electron chi connectivity index (χ1n) is 8.99. The van der Waals surface area contributed by atoms with Gasteiger partial charge in [-0.2, -0.15) is 0 Å². The molecule has 5 heteroatoms. The van der Waals surface area contributed by atoms with Crippen molar-refractivity contribution in [2.24, 2.45) is 5.92 Å². The van der Waals surface area contributed by atoms with Crippen LogP contribution in [0, 0.1) is 5.92 Å². The number of nitrogens with one attached hydrogen (secondary N) is 1. The van der Waals surface area contributed by atoms with Crippen LogP contribution in [0.5, 0.6) is 5.75 Å². The maximum absolute atomic E-state index is 11.8. The van der Waals surface area contributed by atoms with Crippen LogP contribution >= 0.6 is 11.8 Å². The SMILES string of the molecule is COc1ccc(N[C@H](C2CCCCC2)[C@@H]2OC(=O)C=C2C)c(SC)c1. The summed E-state index contributed by atoms with van der Waals surface area (Å²) in [6, 6.07) is 6.20. The predicted octanol–water partition coefficient (Wildman–Crippen LogP) is 4.65. The molecule has 0 unspecified atom stereocenters. The van der Waals surface area contributed by atoms with Crippen LogP contribution < -0.4 is 10.1 Å². The summed E-state index contributed by atoms with van der Waals surface area (Å²) in [5.74, 6) is 1.15. The second-order valence-corrected chi connectivity index (χ2v) is 7.73. The minimum Gasteiger partial charge on any atom is -0.497 e. The lowest BCUT2D eigenvalue weighted by molar-refractivity contribution is -0.139. The Morgan fingerprint density at radius 3 is 2.64 bits per heavy atom. The van der Waals surface area contributed by atoms with Gasteiger partial charge in [0.05, 0.1) is 13.2 Å². The molecule has 2 aliphatic rings. The molecule has 1 aliphatic heterocycles. The maximum atomic E-state index is 11.8. The normalized spacial score (nSPS) is 22.3. The molecule has 1 heterocycles. The van der Waals surface area contributed by atoms with E-state index in [9.17, 15) is 4.79 Å². The number of ether oxygens (including phenoxy) is 2. The summed E-state index contributed by atoms with van der Waals surface area (Å²) in [7, 11) is 1.68. The first-order chi connectivity index (χ1) is 12.1. The van der Waals surface area contributed by atoms with Crippen LogP contribution in [0.2, 0.25) is 0 Å². The van der Waals surface area contributed by atoms with Gasteiger partial charge >= 0.3 is 5.97 Å². The van der Waals surface area contributed by atoms with Gasteiger partial charge < -0.3 is 14.8 Å². The van der Waals surface area contributed by atoms with Gasteiger partial charge in [-0.1, -0.05) is 19.3 Å². The van der Waals surface area contributed by atoms with Crippen molar-refractivity contribution in [3.8, 4) is 5.75 Å². The Labute approximate surface area is 154 Å². The van der Waals surface area contributed by atoms with E-state index in [1.807, 2.05) is 19.1 Å². The molecule has 4 nitrogen and oxygen atoms in total. The molecule has 1 fully saturated rings. The van der Waals surface area contributed by atoms with E-state index in [-0.39, 0.29) is 18.1 Å². The molecule has 0 saturated heterocycles. The van der Waals surface area contributed by atoms with E-state index in [0.29, 0.717) is 5.92 Å². The molecule has 25 heavy (non-hydrogen) atoms. The molecular formula is C20H27NO3S. The van der Waals surface area contributed by atoms with Gasteiger partial charge in [-0.05, 0) is 55.7 Å². The number of thioether (sulfide) groups is 1. The molecule has 3 rings (SSSR count). The summed E-state index contributed by atoms with van der Waals surface area (Å²) < 4.78 is 11.0. The number of benzene rings is 1. The molecule has 0 spiro atoms. The van der Waals surface area contributed by atoms with E-state index in [1.54, 1.807) is 24.9 Å². The second kappa shape index (κ2) is 8.17. The Balaban J connectivity index is 1.87. The molecule has 2 atom stereocenters. The summed E-state index contributed by atoms with van der Waals surface area (Å²) in [6.07, 6.45) is 9.71. The van der Waals surface area contributed by atoms with Gasteiger partial charge in [0.2, 0.25) is 0 Å². The fourth-order valence-electron chi connectivity index (χ4n) is 3.91. The number of anilines is 1. The van der Waals surface area contributed by atoms with E-state index >= 15 is 0 Å². The largest absolute Gasteiger partial charge is 0.497 e. The van der Waals surface area contributed by atoms with Crippen molar-refractivity contribution in [2.75, 3.05) is 18.7 Å². The summed E-state index contributed by atoms with van der Waals surface area (Å²) in [5, 5.41) is 3.72. The van der Waals surface area contributed by atoms with Crippen LogP contribution in [0.15, 0.2) is 34.7 Å². The molecule has 136 valence electrons. The monoisotopic (exact) mass is 361 g/mol. The molecule has 1 aliphatic carbocycles. The fraction of sp³-hybridized carbons (Fsp3) is 0.550. The molecule has 1 aromatic rings. The molecule has 0 amide bonds. The lowest BCUT2D eigenvalue weighted by Gasteiger charge is -2.35. The lowest BCUT2D eigenvalue weighted by atomic mass is 9.80. The van der Waals surface area contributed by atoms with Gasteiger partial charge in [0.1, 0.15) is 11.9 Å². The van der Waals surface area contributed by atoms with Gasteiger partial charge in [0, 0.05) is 16.7 Å². The highest BCUT2D eigenvalue weighted by molar-refractivity contribution is 7.98. The van der Waals surface area contributed by atoms with Gasteiger partial charge in [0.25, 0.3) is 0 Å². The summed E-state index contributed by atoms with van der Waals surface area (Å²) in [6.45, 7) is 2.00. The molecule has 0 radical (unpaired) electrons. The third-order valence-corrected chi connectivity index (χ3v) is 6.03. The minimum atomic E-state index is -0.218. The number of carbonyl (C=O) groups excluding carboxylic acids is 1. The Bertz CT molecular complexity index is 652. The van der Waals surface area contributed by atoms with Crippen molar-refractivity contribution in [2.45, 2.75) is 56.1 Å². The molecule has 0 aromatic heterocycles. The number of hydrogen-bond acceptors (Lipinski definition) is 5. The molecule has 1 N–H and O–H groups in total. The first-order valence-corrected chi connectivity index (χ1v) is 10.2. The van der Waals surface area contributed by atoms with Crippen LogP contribution in [0.25, 0.3) is 0 Å². The van der Waals surface area contributed by atoms with Crippen molar-refractivity contribution in [1.82, 2.24) is 0 Å². The number of methoxy groups -OCH3 is 1. The van der Waals surface area contributed by atoms with E-state index in [1.165, 1.54) is 32.1 Å². The zero-order chi connectivity index (χ0) is 17.8. The highest BCUT2D eigenvalue weighted by Gasteiger charge is 2.37. The Hall–Kier alpha value is -1.62. The Kier molecular flexibility index (Phi) is 5.94. The maximum Gasteiger partial charge on any atom is 0.331 e. The van der Waals surface area contributed by atoms with Crippen LogP contribution in [-0.2, 0) is 9.53 Å². The number of carbonyl (C=O) groups is 1. The zero-order valence-corrected chi connectivity index (χ0v) is 16.0. The molecule has 1 aromatic carbocycles. The molecule has 1 saturated carbocycles. The van der Waals surface area contributed by atoms with E-state index < -0.39 is 0 Å². The molecular weight excluding hydrogens is 334 g/mol. The van der Waals surface area contributed by atoms with Gasteiger partial charge in [-0.3, -0.25) is 0 Å². The topological polar surface area (TPSA) is 47.6 Å².